The second-order valence-corrected chi connectivity index (χ2v) is 7.14. The Morgan fingerprint density at radius 3 is 2.48 bits per heavy atom. The van der Waals surface area contributed by atoms with Crippen LogP contribution < -0.4 is 19.9 Å². The van der Waals surface area contributed by atoms with Crippen LogP contribution in [0.15, 0.2) is 48.5 Å². The van der Waals surface area contributed by atoms with Crippen LogP contribution >= 0.6 is 0 Å². The van der Waals surface area contributed by atoms with Gasteiger partial charge in [0.1, 0.15) is 5.75 Å². The molecule has 1 saturated heterocycles. The van der Waals surface area contributed by atoms with E-state index in [1.54, 1.807) is 14.0 Å². The number of ether oxygens (including phenoxy) is 1. The number of rotatable bonds is 5. The molecular weight excluding hydrogens is 383 g/mol. The Balaban J connectivity index is 1.57. The zero-order valence-electron chi connectivity index (χ0n) is 16.4. The monoisotopic (exact) mass is 408 g/mol. The molecule has 5 nitrogen and oxygen atoms in total. The van der Waals surface area contributed by atoms with Crippen LogP contribution in [0.25, 0.3) is 0 Å². The summed E-state index contributed by atoms with van der Waals surface area (Å²) in [6, 6.07) is 12.2. The number of carbonyl (C=O) groups is 1. The van der Waals surface area contributed by atoms with Crippen molar-refractivity contribution in [1.82, 2.24) is 0 Å². The number of nitrogens with zero attached hydrogens (tertiary/aromatic N) is 1. The van der Waals surface area contributed by atoms with E-state index >= 15 is 0 Å². The van der Waals surface area contributed by atoms with Crippen molar-refractivity contribution in [3.05, 3.63) is 54.1 Å². The molecule has 8 heteroatoms. The van der Waals surface area contributed by atoms with E-state index in [0.717, 1.165) is 54.6 Å². The first-order chi connectivity index (χ1) is 13.8. The smallest absolute Gasteiger partial charge is 0.416 e. The van der Waals surface area contributed by atoms with E-state index < -0.39 is 11.7 Å². The highest BCUT2D eigenvalue weighted by molar-refractivity contribution is 5.93. The zero-order valence-corrected chi connectivity index (χ0v) is 16.4. The molecule has 0 aliphatic carbocycles. The van der Waals surface area contributed by atoms with Crippen molar-refractivity contribution in [3.8, 4) is 5.75 Å². The molecule has 1 heterocycles. The summed E-state index contributed by atoms with van der Waals surface area (Å²) < 4.78 is 43.8. The number of methoxy groups -OCH3 is 1. The molecule has 2 N–H and O–H groups in total. The minimum absolute atomic E-state index is 0.158. The highest BCUT2D eigenvalue weighted by atomic mass is 19.4. The third-order valence-electron chi connectivity index (χ3n) is 5.29. The molecule has 0 radical (unpaired) electrons. The number of halogens is 3. The van der Waals surface area contributed by atoms with Crippen LogP contribution in [0.5, 0.6) is 5.75 Å². The van der Waals surface area contributed by atoms with Crippen LogP contribution in [0.4, 0.5) is 24.5 Å². The molecule has 1 aliphatic heterocycles. The molecule has 0 spiro atoms. The van der Waals surface area contributed by atoms with Gasteiger partial charge in [-0.05, 0) is 37.3 Å². The summed E-state index contributed by atoms with van der Waals surface area (Å²) in [4.78, 5) is 15.9. The summed E-state index contributed by atoms with van der Waals surface area (Å²) in [5.41, 5.74) is 0.456. The lowest BCUT2D eigenvalue weighted by Crippen LogP contribution is -3.19. The first-order valence-electron chi connectivity index (χ1n) is 9.49. The Morgan fingerprint density at radius 2 is 1.83 bits per heavy atom. The molecule has 0 unspecified atom stereocenters. The van der Waals surface area contributed by atoms with E-state index in [9.17, 15) is 18.0 Å². The second kappa shape index (κ2) is 8.73. The Kier molecular flexibility index (Phi) is 6.32. The second-order valence-electron chi connectivity index (χ2n) is 7.14. The number of carbonyl (C=O) groups excluding carboxylic acids is 1. The van der Waals surface area contributed by atoms with Crippen LogP contribution in [0.2, 0.25) is 0 Å². The van der Waals surface area contributed by atoms with Gasteiger partial charge in [-0.3, -0.25) is 4.79 Å². The van der Waals surface area contributed by atoms with Gasteiger partial charge in [-0.2, -0.15) is 13.2 Å². The number of piperazine rings is 1. The number of benzene rings is 2. The van der Waals surface area contributed by atoms with Crippen molar-refractivity contribution in [2.45, 2.75) is 19.1 Å². The van der Waals surface area contributed by atoms with Crippen LogP contribution in [0.3, 0.4) is 0 Å². The SMILES string of the molecule is COc1cccc(N2CC[NH+]([C@@H](C)C(=O)Nc3cccc(C(F)(F)F)c3)CC2)c1. The molecule has 1 atom stereocenters. The average molecular weight is 408 g/mol. The summed E-state index contributed by atoms with van der Waals surface area (Å²) in [6.07, 6.45) is -4.44. The van der Waals surface area contributed by atoms with Crippen LogP contribution in [-0.4, -0.2) is 45.2 Å². The molecule has 2 aromatic rings. The Labute approximate surface area is 168 Å². The first-order valence-corrected chi connectivity index (χ1v) is 9.49. The standard InChI is InChI=1S/C21H24F3N3O2/c1-15(20(28)25-17-6-3-5-16(13-17)21(22,23)24)26-9-11-27(12-10-26)18-7-4-8-19(14-18)29-2/h3-8,13-15H,9-12H2,1-2H3,(H,25,28)/p+1/t15-/m0/s1. The van der Waals surface area contributed by atoms with Crippen molar-refractivity contribution < 1.29 is 27.6 Å². The van der Waals surface area contributed by atoms with E-state index in [1.165, 1.54) is 12.1 Å². The summed E-state index contributed by atoms with van der Waals surface area (Å²) in [5.74, 6) is 0.514. The fourth-order valence-electron chi connectivity index (χ4n) is 3.50. The Bertz CT molecular complexity index is 849. The van der Waals surface area contributed by atoms with Gasteiger partial charge in [0.15, 0.2) is 6.04 Å². The van der Waals surface area contributed by atoms with Gasteiger partial charge in [-0.25, -0.2) is 0 Å². The Morgan fingerprint density at radius 1 is 1.14 bits per heavy atom. The highest BCUT2D eigenvalue weighted by Crippen LogP contribution is 2.30. The lowest BCUT2D eigenvalue weighted by Gasteiger charge is -2.36. The number of hydrogen-bond donors (Lipinski definition) is 2. The van der Waals surface area contributed by atoms with Gasteiger partial charge in [0, 0.05) is 17.4 Å². The van der Waals surface area contributed by atoms with Crippen LogP contribution in [0, 0.1) is 0 Å². The predicted octanol–water partition coefficient (Wildman–Crippen LogP) is 2.45. The third kappa shape index (κ3) is 5.20. The number of hydrogen-bond acceptors (Lipinski definition) is 3. The maximum absolute atomic E-state index is 12.8. The topological polar surface area (TPSA) is 46.0 Å². The summed E-state index contributed by atoms with van der Waals surface area (Å²) in [5, 5.41) is 2.62. The minimum Gasteiger partial charge on any atom is -0.497 e. The number of alkyl halides is 3. The van der Waals surface area contributed by atoms with Crippen molar-refractivity contribution in [3.63, 3.8) is 0 Å². The maximum atomic E-state index is 12.8. The normalized spacial score (nSPS) is 16.4. The molecule has 1 aliphatic rings. The van der Waals surface area contributed by atoms with Crippen molar-refractivity contribution in [2.24, 2.45) is 0 Å². The van der Waals surface area contributed by atoms with E-state index in [1.807, 2.05) is 24.3 Å². The van der Waals surface area contributed by atoms with Gasteiger partial charge >= 0.3 is 6.18 Å². The molecule has 0 saturated carbocycles. The third-order valence-corrected chi connectivity index (χ3v) is 5.29. The van der Waals surface area contributed by atoms with Crippen LogP contribution in [0.1, 0.15) is 12.5 Å². The quantitative estimate of drug-likeness (QED) is 0.799. The van der Waals surface area contributed by atoms with Crippen molar-refractivity contribution in [1.29, 1.82) is 0 Å². The first kappa shape index (κ1) is 21.0. The van der Waals surface area contributed by atoms with Gasteiger partial charge < -0.3 is 19.9 Å². The van der Waals surface area contributed by atoms with Gasteiger partial charge in [0.05, 0.1) is 38.9 Å². The van der Waals surface area contributed by atoms with Gasteiger partial charge in [0.25, 0.3) is 5.91 Å². The fourth-order valence-corrected chi connectivity index (χ4v) is 3.50. The minimum atomic E-state index is -4.44. The lowest BCUT2D eigenvalue weighted by atomic mass is 10.1. The lowest BCUT2D eigenvalue weighted by molar-refractivity contribution is -0.914. The number of nitrogens with one attached hydrogen (secondary N) is 2. The summed E-state index contributed by atoms with van der Waals surface area (Å²) in [7, 11) is 1.63. The van der Waals surface area contributed by atoms with Gasteiger partial charge in [-0.1, -0.05) is 12.1 Å². The van der Waals surface area contributed by atoms with E-state index in [4.69, 9.17) is 4.74 Å². The summed E-state index contributed by atoms with van der Waals surface area (Å²) >= 11 is 0. The molecule has 0 aromatic heterocycles. The van der Waals surface area contributed by atoms with Crippen molar-refractivity contribution >= 4 is 17.3 Å². The molecular formula is C21H25F3N3O2+. The summed E-state index contributed by atoms with van der Waals surface area (Å²) in [6.45, 7) is 4.88. The molecule has 3 rings (SSSR count). The van der Waals surface area contributed by atoms with Gasteiger partial charge in [0.2, 0.25) is 0 Å². The van der Waals surface area contributed by atoms with Crippen molar-refractivity contribution in [2.75, 3.05) is 43.5 Å². The molecule has 0 bridgehead atoms. The van der Waals surface area contributed by atoms with Crippen LogP contribution in [-0.2, 0) is 11.0 Å². The molecule has 29 heavy (non-hydrogen) atoms. The predicted molar refractivity (Wildman–Crippen MR) is 105 cm³/mol. The van der Waals surface area contributed by atoms with E-state index in [2.05, 4.69) is 10.2 Å². The number of quaternary nitrogens is 1. The molecule has 156 valence electrons. The van der Waals surface area contributed by atoms with E-state index in [0.29, 0.717) is 0 Å². The molecule has 2 aromatic carbocycles. The number of anilines is 2. The average Bonchev–Trinajstić information content (AvgIpc) is 2.73. The number of amides is 1. The largest absolute Gasteiger partial charge is 0.497 e. The zero-order chi connectivity index (χ0) is 21.0. The molecule has 1 fully saturated rings. The molecule has 1 amide bonds. The fraction of sp³-hybridized carbons (Fsp3) is 0.381. The van der Waals surface area contributed by atoms with Gasteiger partial charge in [-0.15, -0.1) is 0 Å². The van der Waals surface area contributed by atoms with E-state index in [-0.39, 0.29) is 17.6 Å². The maximum Gasteiger partial charge on any atom is 0.416 e. The Hall–Kier alpha value is -2.74. The highest BCUT2D eigenvalue weighted by Gasteiger charge is 2.32.